The van der Waals surface area contributed by atoms with Crippen LogP contribution in [0.1, 0.15) is 48.9 Å². The molecule has 8 heteroatoms. The summed E-state index contributed by atoms with van der Waals surface area (Å²) in [5, 5.41) is 11.6. The lowest BCUT2D eigenvalue weighted by molar-refractivity contribution is -0.274. The highest BCUT2D eigenvalue weighted by molar-refractivity contribution is 5.65. The molecule has 0 saturated carbocycles. The van der Waals surface area contributed by atoms with E-state index in [0.717, 1.165) is 42.2 Å². The van der Waals surface area contributed by atoms with E-state index in [1.165, 1.54) is 31.4 Å². The second-order valence-electron chi connectivity index (χ2n) is 10.2. The third-order valence-corrected chi connectivity index (χ3v) is 7.43. The van der Waals surface area contributed by atoms with Gasteiger partial charge in [0.05, 0.1) is 6.04 Å². The van der Waals surface area contributed by atoms with E-state index < -0.39 is 18.0 Å². The van der Waals surface area contributed by atoms with Gasteiger partial charge in [-0.25, -0.2) is 0 Å². The minimum atomic E-state index is -4.76. The number of benzene rings is 3. The number of para-hydroxylation sites is 1. The van der Waals surface area contributed by atoms with Crippen LogP contribution in [0.25, 0.3) is 0 Å². The van der Waals surface area contributed by atoms with Gasteiger partial charge in [-0.1, -0.05) is 48.9 Å². The Morgan fingerprint density at radius 1 is 0.895 bits per heavy atom. The fourth-order valence-electron chi connectivity index (χ4n) is 5.64. The molecule has 1 N–H and O–H groups in total. The van der Waals surface area contributed by atoms with Crippen molar-refractivity contribution in [3.63, 3.8) is 0 Å². The van der Waals surface area contributed by atoms with Crippen LogP contribution in [0.3, 0.4) is 0 Å². The lowest BCUT2D eigenvalue weighted by Gasteiger charge is -2.34. The molecule has 1 saturated heterocycles. The second kappa shape index (κ2) is 10.9. The largest absolute Gasteiger partial charge is 0.573 e. The van der Waals surface area contributed by atoms with Crippen LogP contribution in [-0.4, -0.2) is 42.6 Å². The third kappa shape index (κ3) is 5.92. The van der Waals surface area contributed by atoms with E-state index in [4.69, 9.17) is 4.74 Å². The highest BCUT2D eigenvalue weighted by Crippen LogP contribution is 2.52. The summed E-state index contributed by atoms with van der Waals surface area (Å²) in [6, 6.07) is 20.9. The highest BCUT2D eigenvalue weighted by Gasteiger charge is 2.47. The molecule has 1 fully saturated rings. The van der Waals surface area contributed by atoms with Crippen LogP contribution < -0.4 is 14.4 Å². The number of likely N-dealkylation sites (tertiary alicyclic amines) is 1. The SMILES string of the molecule is CC1(O)c2ccccc2N(Cc2ccc(OCCN3CCCCC3)cc2)C1c1ccc(OC(F)(F)F)cc1. The van der Waals surface area contributed by atoms with Crippen molar-refractivity contribution in [2.24, 2.45) is 0 Å². The Morgan fingerprint density at radius 3 is 2.24 bits per heavy atom. The maximum atomic E-state index is 12.7. The Labute approximate surface area is 221 Å². The fourth-order valence-corrected chi connectivity index (χ4v) is 5.64. The van der Waals surface area contributed by atoms with Crippen molar-refractivity contribution in [2.45, 2.75) is 50.7 Å². The van der Waals surface area contributed by atoms with E-state index >= 15 is 0 Å². The van der Waals surface area contributed by atoms with Crippen LogP contribution in [-0.2, 0) is 12.1 Å². The molecule has 0 spiro atoms. The summed E-state index contributed by atoms with van der Waals surface area (Å²) in [6.07, 6.45) is -0.929. The number of alkyl halides is 3. The monoisotopic (exact) mass is 526 g/mol. The third-order valence-electron chi connectivity index (χ3n) is 7.43. The van der Waals surface area contributed by atoms with Crippen molar-refractivity contribution < 1.29 is 27.8 Å². The molecule has 202 valence electrons. The van der Waals surface area contributed by atoms with Gasteiger partial charge in [0.25, 0.3) is 0 Å². The molecule has 5 nitrogen and oxygen atoms in total. The van der Waals surface area contributed by atoms with E-state index in [1.54, 1.807) is 19.1 Å². The van der Waals surface area contributed by atoms with E-state index in [9.17, 15) is 18.3 Å². The Morgan fingerprint density at radius 2 is 1.55 bits per heavy atom. The number of halogens is 3. The molecule has 0 radical (unpaired) electrons. The molecule has 0 bridgehead atoms. The van der Waals surface area contributed by atoms with Crippen LogP contribution in [0.2, 0.25) is 0 Å². The zero-order chi connectivity index (χ0) is 26.8. The number of piperidine rings is 1. The number of rotatable bonds is 8. The van der Waals surface area contributed by atoms with Gasteiger partial charge < -0.3 is 19.5 Å². The molecule has 2 aliphatic rings. The summed E-state index contributed by atoms with van der Waals surface area (Å²) in [6.45, 7) is 6.11. The van der Waals surface area contributed by atoms with E-state index in [1.807, 2.05) is 48.5 Å². The smallest absolute Gasteiger partial charge is 0.492 e. The summed E-state index contributed by atoms with van der Waals surface area (Å²) in [7, 11) is 0. The minimum Gasteiger partial charge on any atom is -0.492 e. The van der Waals surface area contributed by atoms with E-state index in [0.29, 0.717) is 18.7 Å². The summed E-state index contributed by atoms with van der Waals surface area (Å²) in [4.78, 5) is 4.54. The average Bonchev–Trinajstić information content (AvgIpc) is 3.12. The maximum Gasteiger partial charge on any atom is 0.573 e. The molecule has 0 aliphatic carbocycles. The first-order valence-corrected chi connectivity index (χ1v) is 13.1. The number of anilines is 1. The quantitative estimate of drug-likeness (QED) is 0.367. The van der Waals surface area contributed by atoms with Crippen LogP contribution in [0.15, 0.2) is 72.8 Å². The summed E-state index contributed by atoms with van der Waals surface area (Å²) >= 11 is 0. The lowest BCUT2D eigenvalue weighted by atomic mass is 9.87. The van der Waals surface area contributed by atoms with Crippen molar-refractivity contribution in [3.05, 3.63) is 89.5 Å². The topological polar surface area (TPSA) is 45.2 Å². The molecule has 5 rings (SSSR count). The zero-order valence-corrected chi connectivity index (χ0v) is 21.5. The second-order valence-corrected chi connectivity index (χ2v) is 10.2. The van der Waals surface area contributed by atoms with Gasteiger partial charge in [0, 0.05) is 24.3 Å². The standard InChI is InChI=1S/C30H33F3N2O3/c1-29(36)26-7-3-4-8-27(26)35(28(29)23-11-15-25(16-12-23)38-30(31,32)33)21-22-9-13-24(14-10-22)37-20-19-34-17-5-2-6-18-34/h3-4,7-16,28,36H,2,5-6,17-21H2,1H3. The molecule has 2 heterocycles. The Hall–Kier alpha value is -3.23. The molecule has 38 heavy (non-hydrogen) atoms. The highest BCUT2D eigenvalue weighted by atomic mass is 19.4. The first-order chi connectivity index (χ1) is 18.2. The van der Waals surface area contributed by atoms with Crippen LogP contribution >= 0.6 is 0 Å². The molecular formula is C30H33F3N2O3. The van der Waals surface area contributed by atoms with Crippen molar-refractivity contribution in [2.75, 3.05) is 31.1 Å². The van der Waals surface area contributed by atoms with Gasteiger partial charge in [0.15, 0.2) is 0 Å². The minimum absolute atomic E-state index is 0.293. The Kier molecular flexibility index (Phi) is 7.54. The van der Waals surface area contributed by atoms with Crippen molar-refractivity contribution in [3.8, 4) is 11.5 Å². The predicted molar refractivity (Wildman–Crippen MR) is 140 cm³/mol. The summed E-state index contributed by atoms with van der Waals surface area (Å²) in [5.41, 5.74) is 2.14. The Bertz CT molecular complexity index is 1210. The number of hydrogen-bond acceptors (Lipinski definition) is 5. The van der Waals surface area contributed by atoms with E-state index in [2.05, 4.69) is 14.5 Å². The maximum absolute atomic E-state index is 12.7. The van der Waals surface area contributed by atoms with Crippen molar-refractivity contribution in [1.82, 2.24) is 4.90 Å². The molecular weight excluding hydrogens is 493 g/mol. The number of hydrogen-bond donors (Lipinski definition) is 1. The van der Waals surface area contributed by atoms with Crippen LogP contribution in [0.5, 0.6) is 11.5 Å². The summed E-state index contributed by atoms with van der Waals surface area (Å²) in [5.74, 6) is 0.523. The molecule has 3 aromatic carbocycles. The first kappa shape index (κ1) is 26.4. The Balaban J connectivity index is 1.32. The number of nitrogens with zero attached hydrogens (tertiary/aromatic N) is 2. The number of ether oxygens (including phenoxy) is 2. The number of fused-ring (bicyclic) bond motifs is 1. The van der Waals surface area contributed by atoms with Gasteiger partial charge >= 0.3 is 6.36 Å². The molecule has 0 amide bonds. The predicted octanol–water partition coefficient (Wildman–Crippen LogP) is 6.42. The molecule has 2 aliphatic heterocycles. The first-order valence-electron chi connectivity index (χ1n) is 13.1. The average molecular weight is 527 g/mol. The molecule has 3 aromatic rings. The molecule has 2 atom stereocenters. The van der Waals surface area contributed by atoms with Gasteiger partial charge in [-0.05, 0) is 74.3 Å². The number of aliphatic hydroxyl groups is 1. The van der Waals surface area contributed by atoms with Gasteiger partial charge in [-0.3, -0.25) is 4.90 Å². The van der Waals surface area contributed by atoms with Gasteiger partial charge in [-0.15, -0.1) is 13.2 Å². The normalized spacial score (nSPS) is 21.8. The summed E-state index contributed by atoms with van der Waals surface area (Å²) < 4.78 is 48.0. The molecule has 0 aromatic heterocycles. The van der Waals surface area contributed by atoms with Crippen molar-refractivity contribution >= 4 is 5.69 Å². The zero-order valence-electron chi connectivity index (χ0n) is 21.5. The van der Waals surface area contributed by atoms with Gasteiger partial charge in [-0.2, -0.15) is 0 Å². The fraction of sp³-hybridized carbons (Fsp3) is 0.400. The van der Waals surface area contributed by atoms with E-state index in [-0.39, 0.29) is 5.75 Å². The van der Waals surface area contributed by atoms with Gasteiger partial charge in [0.2, 0.25) is 0 Å². The van der Waals surface area contributed by atoms with Gasteiger partial charge in [0.1, 0.15) is 23.7 Å². The van der Waals surface area contributed by atoms with Crippen LogP contribution in [0, 0.1) is 0 Å². The molecule has 2 unspecified atom stereocenters. The van der Waals surface area contributed by atoms with Crippen molar-refractivity contribution in [1.29, 1.82) is 0 Å². The van der Waals surface area contributed by atoms with Crippen LogP contribution in [0.4, 0.5) is 18.9 Å². The lowest BCUT2D eigenvalue weighted by Crippen LogP contribution is -2.35.